The van der Waals surface area contributed by atoms with E-state index in [-0.39, 0.29) is 16.9 Å². The van der Waals surface area contributed by atoms with E-state index in [2.05, 4.69) is 19.2 Å². The number of carbonyl (C=O) groups excluding carboxylic acids is 1. The molecule has 0 fully saturated rings. The zero-order valence-electron chi connectivity index (χ0n) is 11.9. The predicted molar refractivity (Wildman–Crippen MR) is 76.4 cm³/mol. The minimum atomic E-state index is -0.497. The van der Waals surface area contributed by atoms with Gasteiger partial charge in [-0.15, -0.1) is 0 Å². The van der Waals surface area contributed by atoms with Crippen LogP contribution < -0.4 is 11.1 Å². The van der Waals surface area contributed by atoms with Gasteiger partial charge in [0.15, 0.2) is 0 Å². The normalized spacial score (nSPS) is 10.9. The van der Waals surface area contributed by atoms with E-state index >= 15 is 0 Å². The van der Waals surface area contributed by atoms with E-state index in [4.69, 9.17) is 11.0 Å². The van der Waals surface area contributed by atoms with E-state index in [1.165, 1.54) is 12.1 Å². The molecule has 0 aliphatic rings. The number of nitrogens with one attached hydrogen (secondary N) is 1. The van der Waals surface area contributed by atoms with Gasteiger partial charge in [-0.2, -0.15) is 5.26 Å². The van der Waals surface area contributed by atoms with Crippen molar-refractivity contribution in [3.8, 4) is 6.07 Å². The molecule has 0 bridgehead atoms. The minimum Gasteiger partial charge on any atom is -0.330 e. The summed E-state index contributed by atoms with van der Waals surface area (Å²) in [4.78, 5) is 11.9. The Morgan fingerprint density at radius 3 is 2.75 bits per heavy atom. The van der Waals surface area contributed by atoms with E-state index in [1.807, 2.05) is 6.07 Å². The van der Waals surface area contributed by atoms with Crippen molar-refractivity contribution in [1.29, 1.82) is 5.26 Å². The molecule has 0 aliphatic carbocycles. The van der Waals surface area contributed by atoms with Crippen LogP contribution >= 0.6 is 0 Å². The van der Waals surface area contributed by atoms with Gasteiger partial charge in [0.1, 0.15) is 11.9 Å². The molecule has 0 aromatic heterocycles. The molecule has 0 saturated carbocycles. The fraction of sp³-hybridized carbons (Fsp3) is 0.467. The monoisotopic (exact) mass is 277 g/mol. The number of hydrogen-bond donors (Lipinski definition) is 2. The number of benzene rings is 1. The number of nitrogens with zero attached hydrogens (tertiary/aromatic N) is 1. The lowest BCUT2D eigenvalue weighted by Crippen LogP contribution is -2.21. The molecule has 0 atom stereocenters. The molecule has 20 heavy (non-hydrogen) atoms. The van der Waals surface area contributed by atoms with Gasteiger partial charge in [0, 0.05) is 6.42 Å². The van der Waals surface area contributed by atoms with Crippen LogP contribution in [0, 0.1) is 22.6 Å². The maximum atomic E-state index is 13.0. The first-order valence-electron chi connectivity index (χ1n) is 6.57. The molecule has 1 aromatic carbocycles. The maximum Gasteiger partial charge on any atom is 0.224 e. The molecule has 0 radical (unpaired) electrons. The van der Waals surface area contributed by atoms with Gasteiger partial charge in [-0.25, -0.2) is 4.39 Å². The van der Waals surface area contributed by atoms with Gasteiger partial charge in [0.2, 0.25) is 5.91 Å². The van der Waals surface area contributed by atoms with Gasteiger partial charge in [-0.05, 0) is 43.0 Å². The molecule has 1 rings (SSSR count). The zero-order valence-corrected chi connectivity index (χ0v) is 11.9. The highest BCUT2D eigenvalue weighted by Crippen LogP contribution is 2.26. The summed E-state index contributed by atoms with van der Waals surface area (Å²) in [7, 11) is 0. The first-order valence-corrected chi connectivity index (χ1v) is 6.57. The van der Waals surface area contributed by atoms with Crippen LogP contribution in [0.2, 0.25) is 0 Å². The van der Waals surface area contributed by atoms with Crippen molar-refractivity contribution in [3.63, 3.8) is 0 Å². The van der Waals surface area contributed by atoms with Crippen LogP contribution in [0.25, 0.3) is 0 Å². The Balaban J connectivity index is 2.62. The Kier molecular flexibility index (Phi) is 5.66. The number of carbonyl (C=O) groups is 1. The zero-order chi connectivity index (χ0) is 15.2. The average molecular weight is 277 g/mol. The highest BCUT2D eigenvalue weighted by Gasteiger charge is 2.18. The van der Waals surface area contributed by atoms with E-state index in [0.29, 0.717) is 25.1 Å². The average Bonchev–Trinajstić information content (AvgIpc) is 2.38. The Morgan fingerprint density at radius 2 is 2.15 bits per heavy atom. The molecule has 0 unspecified atom stereocenters. The van der Waals surface area contributed by atoms with Gasteiger partial charge in [0.25, 0.3) is 0 Å². The number of anilines is 1. The Morgan fingerprint density at radius 1 is 1.45 bits per heavy atom. The van der Waals surface area contributed by atoms with Gasteiger partial charge < -0.3 is 11.1 Å². The van der Waals surface area contributed by atoms with Crippen molar-refractivity contribution in [2.45, 2.75) is 33.1 Å². The van der Waals surface area contributed by atoms with Gasteiger partial charge >= 0.3 is 0 Å². The summed E-state index contributed by atoms with van der Waals surface area (Å²) in [5, 5.41) is 11.5. The van der Waals surface area contributed by atoms with E-state index < -0.39 is 5.82 Å². The third kappa shape index (κ3) is 4.98. The van der Waals surface area contributed by atoms with Crippen LogP contribution in [0.3, 0.4) is 0 Å². The lowest BCUT2D eigenvalue weighted by atomic mass is 9.84. The summed E-state index contributed by atoms with van der Waals surface area (Å²) in [6, 6.07) is 5.58. The number of hydrogen-bond acceptors (Lipinski definition) is 3. The van der Waals surface area contributed by atoms with Crippen molar-refractivity contribution in [2.75, 3.05) is 11.9 Å². The fourth-order valence-electron chi connectivity index (χ4n) is 1.90. The summed E-state index contributed by atoms with van der Waals surface area (Å²) < 4.78 is 13.0. The number of nitrogens with two attached hydrogens (primary N) is 1. The van der Waals surface area contributed by atoms with E-state index in [0.717, 1.165) is 12.5 Å². The Hall–Kier alpha value is -1.93. The van der Waals surface area contributed by atoms with Crippen molar-refractivity contribution < 1.29 is 9.18 Å². The van der Waals surface area contributed by atoms with Crippen molar-refractivity contribution in [3.05, 3.63) is 29.6 Å². The van der Waals surface area contributed by atoms with Crippen LogP contribution in [0.4, 0.5) is 10.1 Å². The fourth-order valence-corrected chi connectivity index (χ4v) is 1.90. The first kappa shape index (κ1) is 16.1. The SMILES string of the molecule is CC(C)(CCN)CCC(=O)Nc1ccc(F)cc1C#N. The molecule has 4 nitrogen and oxygen atoms in total. The Bertz CT molecular complexity index is 520. The summed E-state index contributed by atoms with van der Waals surface area (Å²) in [5.74, 6) is -0.679. The van der Waals surface area contributed by atoms with Gasteiger partial charge in [0.05, 0.1) is 11.3 Å². The third-order valence-corrected chi connectivity index (χ3v) is 3.23. The van der Waals surface area contributed by atoms with Crippen molar-refractivity contribution in [2.24, 2.45) is 11.1 Å². The molecule has 0 aliphatic heterocycles. The molecule has 1 amide bonds. The minimum absolute atomic E-state index is 0.00689. The summed E-state index contributed by atoms with van der Waals surface area (Å²) in [6.07, 6.45) is 1.90. The first-order chi connectivity index (χ1) is 9.38. The van der Waals surface area contributed by atoms with Crippen LogP contribution in [0.5, 0.6) is 0 Å². The van der Waals surface area contributed by atoms with Gasteiger partial charge in [-0.1, -0.05) is 13.8 Å². The molecule has 0 spiro atoms. The van der Waals surface area contributed by atoms with Crippen LogP contribution in [0.1, 0.15) is 38.7 Å². The quantitative estimate of drug-likeness (QED) is 0.839. The molecule has 108 valence electrons. The Labute approximate surface area is 118 Å². The molecule has 0 saturated heterocycles. The third-order valence-electron chi connectivity index (χ3n) is 3.23. The maximum absolute atomic E-state index is 13.0. The standard InChI is InChI=1S/C15H20FN3O/c1-15(2,7-8-17)6-5-14(20)19-13-4-3-12(16)9-11(13)10-18/h3-4,9H,5-8,17H2,1-2H3,(H,19,20). The van der Waals surface area contributed by atoms with Crippen LogP contribution in [-0.2, 0) is 4.79 Å². The number of rotatable bonds is 6. The van der Waals surface area contributed by atoms with Crippen LogP contribution in [-0.4, -0.2) is 12.5 Å². The van der Waals surface area contributed by atoms with Crippen LogP contribution in [0.15, 0.2) is 18.2 Å². The molecule has 3 N–H and O–H groups in total. The van der Waals surface area contributed by atoms with E-state index in [1.54, 1.807) is 0 Å². The molecule has 1 aromatic rings. The molecular weight excluding hydrogens is 257 g/mol. The number of halogens is 1. The summed E-state index contributed by atoms with van der Waals surface area (Å²) in [6.45, 7) is 4.71. The van der Waals surface area contributed by atoms with E-state index in [9.17, 15) is 9.18 Å². The van der Waals surface area contributed by atoms with Crippen molar-refractivity contribution >= 4 is 11.6 Å². The lowest BCUT2D eigenvalue weighted by molar-refractivity contribution is -0.116. The largest absolute Gasteiger partial charge is 0.330 e. The summed E-state index contributed by atoms with van der Waals surface area (Å²) >= 11 is 0. The lowest BCUT2D eigenvalue weighted by Gasteiger charge is -2.23. The van der Waals surface area contributed by atoms with Gasteiger partial charge in [-0.3, -0.25) is 4.79 Å². The topological polar surface area (TPSA) is 78.9 Å². The molecular formula is C15H20FN3O. The molecule has 5 heteroatoms. The predicted octanol–water partition coefficient (Wildman–Crippen LogP) is 2.79. The number of nitriles is 1. The highest BCUT2D eigenvalue weighted by atomic mass is 19.1. The molecule has 0 heterocycles. The summed E-state index contributed by atoms with van der Waals surface area (Å²) in [5.41, 5.74) is 6.00. The second-order valence-electron chi connectivity index (χ2n) is 5.55. The number of amides is 1. The highest BCUT2D eigenvalue weighted by molar-refractivity contribution is 5.92. The van der Waals surface area contributed by atoms with Crippen molar-refractivity contribution in [1.82, 2.24) is 0 Å². The second kappa shape index (κ2) is 7.01. The smallest absolute Gasteiger partial charge is 0.224 e. The second-order valence-corrected chi connectivity index (χ2v) is 5.55.